The molecule has 7 heteroatoms. The molecule has 0 spiro atoms. The van der Waals surface area contributed by atoms with Crippen molar-refractivity contribution in [2.45, 2.75) is 0 Å². The molecule has 3 heterocycles. The second kappa shape index (κ2) is 6.28. The number of H-pyrrole nitrogens is 1. The Balaban J connectivity index is 1.67. The van der Waals surface area contributed by atoms with Crippen LogP contribution in [0.3, 0.4) is 0 Å². The summed E-state index contributed by atoms with van der Waals surface area (Å²) in [6.45, 7) is 1.06. The van der Waals surface area contributed by atoms with Crippen molar-refractivity contribution in [3.63, 3.8) is 0 Å². The highest BCUT2D eigenvalue weighted by atomic mass is 79.9. The van der Waals surface area contributed by atoms with Gasteiger partial charge < -0.3 is 14.5 Å². The van der Waals surface area contributed by atoms with Crippen molar-refractivity contribution in [3.8, 4) is 33.9 Å². The van der Waals surface area contributed by atoms with Crippen LogP contribution in [0.25, 0.3) is 28.0 Å². The monoisotopic (exact) mass is 423 g/mol. The van der Waals surface area contributed by atoms with E-state index in [0.29, 0.717) is 36.1 Å². The van der Waals surface area contributed by atoms with Gasteiger partial charge in [-0.3, -0.25) is 4.79 Å². The molecule has 1 aliphatic heterocycles. The Morgan fingerprint density at radius 3 is 2.52 bits per heavy atom. The van der Waals surface area contributed by atoms with Gasteiger partial charge in [-0.05, 0) is 35.9 Å². The Morgan fingerprint density at radius 2 is 1.70 bits per heavy atom. The molecule has 0 amide bonds. The standard InChI is InChI=1S/C20H14BrN3O3/c21-14-4-1-12(2-5-14)15-11-22-24-19(25)10-16(23-20(15)24)13-3-6-17-18(9-13)27-8-7-26-17/h1-6,9-11,23H,7-8H2. The van der Waals surface area contributed by atoms with E-state index in [1.165, 1.54) is 10.6 Å². The van der Waals surface area contributed by atoms with Crippen molar-refractivity contribution in [3.05, 3.63) is 69.6 Å². The maximum Gasteiger partial charge on any atom is 0.274 e. The summed E-state index contributed by atoms with van der Waals surface area (Å²) in [6.07, 6.45) is 1.70. The Morgan fingerprint density at radius 1 is 0.963 bits per heavy atom. The van der Waals surface area contributed by atoms with Crippen LogP contribution in [0.5, 0.6) is 11.5 Å². The number of rotatable bonds is 2. The van der Waals surface area contributed by atoms with Crippen LogP contribution in [0.1, 0.15) is 0 Å². The lowest BCUT2D eigenvalue weighted by molar-refractivity contribution is 0.171. The van der Waals surface area contributed by atoms with Crippen LogP contribution in [-0.2, 0) is 0 Å². The minimum atomic E-state index is -0.197. The van der Waals surface area contributed by atoms with Crippen molar-refractivity contribution >= 4 is 21.6 Å². The van der Waals surface area contributed by atoms with Crippen LogP contribution < -0.4 is 15.0 Å². The van der Waals surface area contributed by atoms with Gasteiger partial charge in [0.15, 0.2) is 11.5 Å². The third-order valence-corrected chi connectivity index (χ3v) is 5.04. The van der Waals surface area contributed by atoms with Crippen LogP contribution in [0, 0.1) is 0 Å². The zero-order valence-corrected chi connectivity index (χ0v) is 15.7. The largest absolute Gasteiger partial charge is 0.486 e. The average molecular weight is 424 g/mol. The van der Waals surface area contributed by atoms with E-state index in [9.17, 15) is 4.79 Å². The predicted octanol–water partition coefficient (Wildman–Crippen LogP) is 3.89. The second-order valence-corrected chi connectivity index (χ2v) is 7.12. The molecule has 0 unspecified atom stereocenters. The molecule has 4 aromatic rings. The van der Waals surface area contributed by atoms with E-state index in [0.717, 1.165) is 21.2 Å². The number of nitrogens with zero attached hydrogens (tertiary/aromatic N) is 2. The Hall–Kier alpha value is -3.06. The van der Waals surface area contributed by atoms with E-state index in [-0.39, 0.29) is 5.56 Å². The minimum Gasteiger partial charge on any atom is -0.486 e. The van der Waals surface area contributed by atoms with E-state index in [1.807, 2.05) is 42.5 Å². The maximum absolute atomic E-state index is 12.6. The van der Waals surface area contributed by atoms with Gasteiger partial charge in [-0.25, -0.2) is 0 Å². The van der Waals surface area contributed by atoms with Gasteiger partial charge in [0.05, 0.1) is 11.9 Å². The summed E-state index contributed by atoms with van der Waals surface area (Å²) in [5.74, 6) is 1.40. The molecule has 0 radical (unpaired) electrons. The van der Waals surface area contributed by atoms with Gasteiger partial charge in [0.2, 0.25) is 0 Å². The van der Waals surface area contributed by atoms with Crippen LogP contribution in [-0.4, -0.2) is 27.8 Å². The fraction of sp³-hybridized carbons (Fsp3) is 0.100. The molecule has 0 saturated heterocycles. The summed E-state index contributed by atoms with van der Waals surface area (Å²) in [7, 11) is 0. The summed E-state index contributed by atoms with van der Waals surface area (Å²) < 4.78 is 13.6. The van der Waals surface area contributed by atoms with E-state index >= 15 is 0 Å². The molecule has 0 atom stereocenters. The lowest BCUT2D eigenvalue weighted by Crippen LogP contribution is -2.16. The van der Waals surface area contributed by atoms with Crippen LogP contribution in [0.4, 0.5) is 0 Å². The highest BCUT2D eigenvalue weighted by molar-refractivity contribution is 9.10. The van der Waals surface area contributed by atoms with Crippen LogP contribution >= 0.6 is 15.9 Å². The fourth-order valence-corrected chi connectivity index (χ4v) is 3.46. The summed E-state index contributed by atoms with van der Waals surface area (Å²) in [5, 5.41) is 4.24. The second-order valence-electron chi connectivity index (χ2n) is 6.21. The molecule has 1 aliphatic rings. The zero-order chi connectivity index (χ0) is 18.4. The first-order valence-electron chi connectivity index (χ1n) is 8.46. The molecule has 134 valence electrons. The Bertz CT molecular complexity index is 1210. The average Bonchev–Trinajstić information content (AvgIpc) is 3.13. The number of aromatic amines is 1. The van der Waals surface area contributed by atoms with Gasteiger partial charge in [0.25, 0.3) is 5.56 Å². The van der Waals surface area contributed by atoms with Gasteiger partial charge in [0.1, 0.15) is 18.9 Å². The Labute approximate surface area is 162 Å². The number of benzene rings is 2. The Kier molecular flexibility index (Phi) is 3.75. The highest BCUT2D eigenvalue weighted by Gasteiger charge is 2.15. The topological polar surface area (TPSA) is 68.6 Å². The molecule has 0 bridgehead atoms. The number of nitrogens with one attached hydrogen (secondary N) is 1. The first-order valence-corrected chi connectivity index (χ1v) is 9.25. The molecule has 0 fully saturated rings. The van der Waals surface area contributed by atoms with Crippen LogP contribution in [0.2, 0.25) is 0 Å². The lowest BCUT2D eigenvalue weighted by atomic mass is 10.1. The van der Waals surface area contributed by atoms with E-state index in [4.69, 9.17) is 9.47 Å². The molecule has 1 N–H and O–H groups in total. The number of hydrogen-bond donors (Lipinski definition) is 1. The molecule has 2 aromatic heterocycles. The SMILES string of the molecule is O=c1cc(-c2ccc3c(c2)OCCO3)[nH]c2c(-c3ccc(Br)cc3)cnn12. The summed E-state index contributed by atoms with van der Waals surface area (Å²) in [6, 6.07) is 15.1. The van der Waals surface area contributed by atoms with Crippen molar-refractivity contribution in [2.75, 3.05) is 13.2 Å². The van der Waals surface area contributed by atoms with Gasteiger partial charge in [-0.1, -0.05) is 28.1 Å². The van der Waals surface area contributed by atoms with Crippen molar-refractivity contribution in [1.82, 2.24) is 14.6 Å². The molecule has 6 nitrogen and oxygen atoms in total. The van der Waals surface area contributed by atoms with Gasteiger partial charge in [-0.15, -0.1) is 0 Å². The van der Waals surface area contributed by atoms with E-state index in [1.54, 1.807) is 6.20 Å². The van der Waals surface area contributed by atoms with Crippen molar-refractivity contribution < 1.29 is 9.47 Å². The van der Waals surface area contributed by atoms with Crippen molar-refractivity contribution in [2.24, 2.45) is 0 Å². The number of halogens is 1. The third kappa shape index (κ3) is 2.80. The van der Waals surface area contributed by atoms with Crippen molar-refractivity contribution in [1.29, 1.82) is 0 Å². The number of aromatic nitrogens is 3. The fourth-order valence-electron chi connectivity index (χ4n) is 3.19. The third-order valence-electron chi connectivity index (χ3n) is 4.51. The quantitative estimate of drug-likeness (QED) is 0.530. The zero-order valence-electron chi connectivity index (χ0n) is 14.1. The molecule has 27 heavy (non-hydrogen) atoms. The van der Waals surface area contributed by atoms with E-state index in [2.05, 4.69) is 26.0 Å². The predicted molar refractivity (Wildman–Crippen MR) is 105 cm³/mol. The van der Waals surface area contributed by atoms with Crippen LogP contribution in [0.15, 0.2) is 64.0 Å². The smallest absolute Gasteiger partial charge is 0.274 e. The number of ether oxygens (including phenoxy) is 2. The first kappa shape index (κ1) is 16.1. The normalized spacial score (nSPS) is 13.1. The van der Waals surface area contributed by atoms with Gasteiger partial charge >= 0.3 is 0 Å². The van der Waals surface area contributed by atoms with Gasteiger partial charge in [-0.2, -0.15) is 9.61 Å². The molecule has 0 saturated carbocycles. The van der Waals surface area contributed by atoms with E-state index < -0.39 is 0 Å². The molecular formula is C20H14BrN3O3. The summed E-state index contributed by atoms with van der Waals surface area (Å²) >= 11 is 3.44. The summed E-state index contributed by atoms with van der Waals surface area (Å²) in [5.41, 5.74) is 3.83. The number of fused-ring (bicyclic) bond motifs is 2. The number of hydrogen-bond acceptors (Lipinski definition) is 4. The molecule has 5 rings (SSSR count). The molecular weight excluding hydrogens is 410 g/mol. The first-order chi connectivity index (χ1) is 13.2. The highest BCUT2D eigenvalue weighted by Crippen LogP contribution is 2.34. The van der Waals surface area contributed by atoms with Gasteiger partial charge in [0, 0.05) is 21.7 Å². The maximum atomic E-state index is 12.6. The summed E-state index contributed by atoms with van der Waals surface area (Å²) in [4.78, 5) is 15.9. The minimum absolute atomic E-state index is 0.197. The molecule has 2 aromatic carbocycles. The lowest BCUT2D eigenvalue weighted by Gasteiger charge is -2.18. The molecule has 0 aliphatic carbocycles.